The summed E-state index contributed by atoms with van der Waals surface area (Å²) >= 11 is 7.75. The molecule has 2 heterocycles. The van der Waals surface area contributed by atoms with Gasteiger partial charge in [0, 0.05) is 24.0 Å². The summed E-state index contributed by atoms with van der Waals surface area (Å²) in [5.41, 5.74) is 1.40. The smallest absolute Gasteiger partial charge is 0.157 e. The topological polar surface area (TPSA) is 33.6 Å². The average molecular weight is 311 g/mol. The largest absolute Gasteiger partial charge is 0.381 e. The molecule has 3 rings (SSSR count). The number of amidine groups is 1. The lowest BCUT2D eigenvalue weighted by Crippen LogP contribution is -2.48. The highest BCUT2D eigenvalue weighted by Crippen LogP contribution is 2.33. The van der Waals surface area contributed by atoms with Gasteiger partial charge in [0.05, 0.1) is 11.6 Å². The van der Waals surface area contributed by atoms with Gasteiger partial charge in [-0.3, -0.25) is 4.99 Å². The molecule has 0 aromatic heterocycles. The van der Waals surface area contributed by atoms with Crippen molar-refractivity contribution in [2.45, 2.75) is 31.3 Å². The van der Waals surface area contributed by atoms with E-state index in [1.807, 2.05) is 36.0 Å². The standard InChI is InChI=1S/C15H19ClN2OS/c1-11(12-2-4-13(16)5-3-12)17-14-18-15(10-20-14)6-8-19-9-7-15/h2-5,11H,6-10H2,1H3,(H,17,18). The van der Waals surface area contributed by atoms with Gasteiger partial charge in [-0.05, 0) is 37.5 Å². The van der Waals surface area contributed by atoms with Crippen LogP contribution in [0.4, 0.5) is 0 Å². The van der Waals surface area contributed by atoms with Gasteiger partial charge in [-0.2, -0.15) is 0 Å². The lowest BCUT2D eigenvalue weighted by molar-refractivity contribution is 0.0555. The van der Waals surface area contributed by atoms with E-state index in [-0.39, 0.29) is 11.6 Å². The van der Waals surface area contributed by atoms with Crippen LogP contribution in [0, 0.1) is 0 Å². The average Bonchev–Trinajstić information content (AvgIpc) is 2.83. The molecule has 2 fully saturated rings. The summed E-state index contributed by atoms with van der Waals surface area (Å²) in [6.45, 7) is 3.83. The number of nitrogens with zero attached hydrogens (tertiary/aromatic N) is 1. The van der Waals surface area contributed by atoms with Gasteiger partial charge in [0.2, 0.25) is 0 Å². The van der Waals surface area contributed by atoms with Crippen LogP contribution < -0.4 is 5.32 Å². The molecule has 1 spiro atoms. The molecule has 1 unspecified atom stereocenters. The normalized spacial score (nSPS) is 24.8. The molecule has 108 valence electrons. The molecule has 1 aromatic rings. The third-order valence-corrected chi connectivity index (χ3v) is 5.40. The second kappa shape index (κ2) is 5.96. The summed E-state index contributed by atoms with van der Waals surface area (Å²) in [5, 5.41) is 5.46. The minimum atomic E-state index is 0.150. The number of hydrogen-bond donors (Lipinski definition) is 1. The number of nitrogens with one attached hydrogen (secondary N) is 1. The quantitative estimate of drug-likeness (QED) is 0.905. The molecule has 5 heteroatoms. The molecule has 0 amide bonds. The molecule has 20 heavy (non-hydrogen) atoms. The van der Waals surface area contributed by atoms with Crippen molar-refractivity contribution >= 4 is 28.5 Å². The van der Waals surface area contributed by atoms with Gasteiger partial charge in [-0.25, -0.2) is 0 Å². The Morgan fingerprint density at radius 1 is 1.30 bits per heavy atom. The molecule has 2 aliphatic rings. The van der Waals surface area contributed by atoms with E-state index in [4.69, 9.17) is 21.3 Å². The fraction of sp³-hybridized carbons (Fsp3) is 0.533. The number of halogens is 1. The van der Waals surface area contributed by atoms with Crippen molar-refractivity contribution in [1.29, 1.82) is 0 Å². The van der Waals surface area contributed by atoms with Crippen LogP contribution in [0.15, 0.2) is 29.3 Å². The Kier molecular flexibility index (Phi) is 4.24. The zero-order chi connectivity index (χ0) is 14.0. The van der Waals surface area contributed by atoms with E-state index in [0.29, 0.717) is 0 Å². The van der Waals surface area contributed by atoms with E-state index in [2.05, 4.69) is 12.2 Å². The van der Waals surface area contributed by atoms with Crippen molar-refractivity contribution in [3.8, 4) is 0 Å². The van der Waals surface area contributed by atoms with Crippen LogP contribution in [0.3, 0.4) is 0 Å². The number of ether oxygens (including phenoxy) is 1. The van der Waals surface area contributed by atoms with Gasteiger partial charge < -0.3 is 10.1 Å². The highest BCUT2D eigenvalue weighted by atomic mass is 35.5. The van der Waals surface area contributed by atoms with Crippen molar-refractivity contribution in [1.82, 2.24) is 5.32 Å². The van der Waals surface area contributed by atoms with Gasteiger partial charge in [-0.15, -0.1) is 0 Å². The first kappa shape index (κ1) is 14.2. The maximum Gasteiger partial charge on any atom is 0.157 e. The summed E-state index contributed by atoms with van der Waals surface area (Å²) in [6.07, 6.45) is 2.16. The van der Waals surface area contributed by atoms with Crippen molar-refractivity contribution in [3.05, 3.63) is 34.9 Å². The van der Waals surface area contributed by atoms with Gasteiger partial charge in [0.15, 0.2) is 5.17 Å². The first-order valence-electron chi connectivity index (χ1n) is 6.99. The van der Waals surface area contributed by atoms with Crippen molar-refractivity contribution in [2.24, 2.45) is 4.99 Å². The summed E-state index contributed by atoms with van der Waals surface area (Å²) in [4.78, 5) is 4.81. The molecule has 1 aromatic carbocycles. The van der Waals surface area contributed by atoms with Crippen molar-refractivity contribution in [3.63, 3.8) is 0 Å². The van der Waals surface area contributed by atoms with Crippen LogP contribution in [0.25, 0.3) is 0 Å². The first-order chi connectivity index (χ1) is 9.67. The molecule has 1 atom stereocenters. The number of benzene rings is 1. The Bertz CT molecular complexity index is 497. The van der Waals surface area contributed by atoms with Crippen LogP contribution in [-0.2, 0) is 4.74 Å². The molecule has 2 aliphatic heterocycles. The van der Waals surface area contributed by atoms with Crippen molar-refractivity contribution < 1.29 is 4.74 Å². The molecule has 0 bridgehead atoms. The highest BCUT2D eigenvalue weighted by molar-refractivity contribution is 8.14. The predicted molar refractivity (Wildman–Crippen MR) is 85.7 cm³/mol. The summed E-state index contributed by atoms with van der Waals surface area (Å²) in [7, 11) is 0. The van der Waals surface area contributed by atoms with Crippen LogP contribution in [0.2, 0.25) is 5.02 Å². The minimum Gasteiger partial charge on any atom is -0.381 e. The SMILES string of the molecule is CC(N=C1NC2(CCOCC2)CS1)c1ccc(Cl)cc1. The molecular formula is C15H19ClN2OS. The Balaban J connectivity index is 1.68. The van der Waals surface area contributed by atoms with E-state index < -0.39 is 0 Å². The van der Waals surface area contributed by atoms with E-state index in [9.17, 15) is 0 Å². The molecule has 1 N–H and O–H groups in total. The Labute approximate surface area is 129 Å². The second-order valence-corrected chi connectivity index (χ2v) is 6.87. The zero-order valence-corrected chi connectivity index (χ0v) is 13.1. The fourth-order valence-corrected chi connectivity index (χ4v) is 4.02. The van der Waals surface area contributed by atoms with E-state index >= 15 is 0 Å². The maximum absolute atomic E-state index is 5.92. The molecule has 0 saturated carbocycles. The third-order valence-electron chi connectivity index (χ3n) is 3.97. The Hall–Kier alpha value is -0.710. The van der Waals surface area contributed by atoms with Gasteiger partial charge >= 0.3 is 0 Å². The fourth-order valence-electron chi connectivity index (χ4n) is 2.60. The summed E-state index contributed by atoms with van der Waals surface area (Å²) < 4.78 is 5.45. The maximum atomic E-state index is 5.92. The highest BCUT2D eigenvalue weighted by Gasteiger charge is 2.38. The lowest BCUT2D eigenvalue weighted by Gasteiger charge is -2.32. The minimum absolute atomic E-state index is 0.150. The lowest BCUT2D eigenvalue weighted by atomic mass is 9.93. The zero-order valence-electron chi connectivity index (χ0n) is 11.6. The van der Waals surface area contributed by atoms with E-state index in [0.717, 1.165) is 42.0 Å². The van der Waals surface area contributed by atoms with Crippen LogP contribution in [0.1, 0.15) is 31.4 Å². The van der Waals surface area contributed by atoms with E-state index in [1.165, 1.54) is 5.56 Å². The third kappa shape index (κ3) is 3.13. The molecular weight excluding hydrogens is 292 g/mol. The van der Waals surface area contributed by atoms with Gasteiger partial charge in [-0.1, -0.05) is 35.5 Å². The molecule has 0 aliphatic carbocycles. The van der Waals surface area contributed by atoms with Crippen molar-refractivity contribution in [2.75, 3.05) is 19.0 Å². The van der Waals surface area contributed by atoms with Crippen LogP contribution >= 0.6 is 23.4 Å². The van der Waals surface area contributed by atoms with Gasteiger partial charge in [0.1, 0.15) is 0 Å². The second-order valence-electron chi connectivity index (χ2n) is 5.47. The molecule has 2 saturated heterocycles. The molecule has 3 nitrogen and oxygen atoms in total. The number of hydrogen-bond acceptors (Lipinski definition) is 3. The Morgan fingerprint density at radius 2 is 2.00 bits per heavy atom. The summed E-state index contributed by atoms with van der Waals surface area (Å²) in [6, 6.07) is 8.07. The van der Waals surface area contributed by atoms with E-state index in [1.54, 1.807) is 0 Å². The Morgan fingerprint density at radius 3 is 2.70 bits per heavy atom. The number of thioether (sulfide) groups is 1. The monoisotopic (exact) mass is 310 g/mol. The number of aliphatic imine (C=N–C) groups is 1. The van der Waals surface area contributed by atoms with Gasteiger partial charge in [0.25, 0.3) is 0 Å². The van der Waals surface area contributed by atoms with Crippen LogP contribution in [-0.4, -0.2) is 29.7 Å². The summed E-state index contributed by atoms with van der Waals surface area (Å²) in [5.74, 6) is 1.10. The predicted octanol–water partition coefficient (Wildman–Crippen LogP) is 3.64. The first-order valence-corrected chi connectivity index (χ1v) is 8.35. The number of rotatable bonds is 2. The molecule has 0 radical (unpaired) electrons. The van der Waals surface area contributed by atoms with Crippen LogP contribution in [0.5, 0.6) is 0 Å².